The molecule has 2 amide bonds. The van der Waals surface area contributed by atoms with E-state index in [2.05, 4.69) is 0 Å². The molecule has 150 valence electrons. The third-order valence-electron chi connectivity index (χ3n) is 5.09. The number of carbonyl (C=O) groups excluding carboxylic acids is 2. The molecule has 0 N–H and O–H groups in total. The summed E-state index contributed by atoms with van der Waals surface area (Å²) in [4.78, 5) is 28.5. The molecular weight excluding hydrogens is 356 g/mol. The predicted molar refractivity (Wildman–Crippen MR) is 106 cm³/mol. The molecule has 1 fully saturated rings. The van der Waals surface area contributed by atoms with Crippen LogP contribution in [0.3, 0.4) is 0 Å². The average Bonchev–Trinajstić information content (AvgIpc) is 3.20. The molecule has 6 nitrogen and oxygen atoms in total. The minimum Gasteiger partial charge on any atom is -0.464 e. The van der Waals surface area contributed by atoms with Crippen LogP contribution in [0.15, 0.2) is 46.9 Å². The lowest BCUT2D eigenvalue weighted by molar-refractivity contribution is -0.146. The Bertz CT molecular complexity index is 787. The van der Waals surface area contributed by atoms with Crippen molar-refractivity contribution in [2.75, 3.05) is 32.8 Å². The number of hydrogen-bond donors (Lipinski definition) is 0. The third kappa shape index (κ3) is 5.01. The first-order valence-electron chi connectivity index (χ1n) is 9.83. The van der Waals surface area contributed by atoms with Crippen molar-refractivity contribution >= 4 is 11.8 Å². The zero-order valence-electron chi connectivity index (χ0n) is 16.6. The van der Waals surface area contributed by atoms with Gasteiger partial charge in [-0.05, 0) is 24.1 Å². The number of ether oxygens (including phenoxy) is 1. The van der Waals surface area contributed by atoms with Gasteiger partial charge in [-0.2, -0.15) is 0 Å². The lowest BCUT2D eigenvalue weighted by Gasteiger charge is -2.35. The van der Waals surface area contributed by atoms with Crippen LogP contribution in [0.4, 0.5) is 0 Å². The van der Waals surface area contributed by atoms with E-state index in [0.717, 1.165) is 29.9 Å². The van der Waals surface area contributed by atoms with Crippen molar-refractivity contribution in [2.45, 2.75) is 32.7 Å². The topological polar surface area (TPSA) is 63.0 Å². The quantitative estimate of drug-likeness (QED) is 0.736. The molecule has 0 spiro atoms. The van der Waals surface area contributed by atoms with Crippen molar-refractivity contribution in [3.8, 4) is 0 Å². The number of aryl methyl sites for hydroxylation is 1. The largest absolute Gasteiger partial charge is 0.464 e. The van der Waals surface area contributed by atoms with Crippen LogP contribution < -0.4 is 0 Å². The van der Waals surface area contributed by atoms with Gasteiger partial charge in [0.05, 0.1) is 19.8 Å². The van der Waals surface area contributed by atoms with Crippen molar-refractivity contribution in [2.24, 2.45) is 0 Å². The summed E-state index contributed by atoms with van der Waals surface area (Å²) >= 11 is 0. The highest BCUT2D eigenvalue weighted by Gasteiger charge is 2.32. The van der Waals surface area contributed by atoms with E-state index in [9.17, 15) is 9.59 Å². The summed E-state index contributed by atoms with van der Waals surface area (Å²) < 4.78 is 11.4. The minimum atomic E-state index is -0.246. The van der Waals surface area contributed by atoms with Gasteiger partial charge in [-0.25, -0.2) is 0 Å². The fraction of sp³-hybridized carbons (Fsp3) is 0.455. The van der Waals surface area contributed by atoms with E-state index < -0.39 is 0 Å². The number of amides is 2. The number of hydrogen-bond acceptors (Lipinski definition) is 4. The van der Waals surface area contributed by atoms with Gasteiger partial charge in [-0.15, -0.1) is 0 Å². The Hall–Kier alpha value is -2.60. The van der Waals surface area contributed by atoms with E-state index in [1.54, 1.807) is 9.80 Å². The molecule has 6 heteroatoms. The van der Waals surface area contributed by atoms with Crippen LogP contribution in [-0.4, -0.2) is 54.5 Å². The highest BCUT2D eigenvalue weighted by atomic mass is 16.5. The van der Waals surface area contributed by atoms with Gasteiger partial charge >= 0.3 is 0 Å². The zero-order chi connectivity index (χ0) is 19.9. The van der Waals surface area contributed by atoms with Gasteiger partial charge in [-0.3, -0.25) is 9.59 Å². The molecule has 1 aliphatic rings. The maximum absolute atomic E-state index is 13.0. The maximum atomic E-state index is 13.0. The highest BCUT2D eigenvalue weighted by Crippen LogP contribution is 2.26. The van der Waals surface area contributed by atoms with E-state index in [-0.39, 0.29) is 24.4 Å². The normalized spacial score (nSPS) is 16.8. The first-order chi connectivity index (χ1) is 13.6. The summed E-state index contributed by atoms with van der Waals surface area (Å²) in [6.45, 7) is 5.52. The number of rotatable bonds is 7. The molecule has 1 aliphatic heterocycles. The smallest absolute Gasteiger partial charge is 0.242 e. The fourth-order valence-corrected chi connectivity index (χ4v) is 3.41. The lowest BCUT2D eigenvalue weighted by atomic mass is 10.1. The molecule has 2 aromatic rings. The van der Waals surface area contributed by atoms with Gasteiger partial charge in [0.15, 0.2) is 0 Å². The van der Waals surface area contributed by atoms with E-state index in [1.807, 2.05) is 49.4 Å². The van der Waals surface area contributed by atoms with Gasteiger partial charge < -0.3 is 19.0 Å². The predicted octanol–water partition coefficient (Wildman–Crippen LogP) is 2.83. The van der Waals surface area contributed by atoms with Crippen LogP contribution in [0.5, 0.6) is 0 Å². The number of carbonyl (C=O) groups is 2. The lowest BCUT2D eigenvalue weighted by Crippen LogP contribution is -2.48. The highest BCUT2D eigenvalue weighted by molar-refractivity contribution is 5.84. The van der Waals surface area contributed by atoms with Crippen LogP contribution >= 0.6 is 0 Å². The van der Waals surface area contributed by atoms with Gasteiger partial charge in [0, 0.05) is 26.4 Å². The van der Waals surface area contributed by atoms with E-state index >= 15 is 0 Å². The molecule has 0 saturated carbocycles. The minimum absolute atomic E-state index is 0.0695. The SMILES string of the molecule is CCc1ccc(C2COCCN2C(=O)CN(CCc2ccccc2)C(C)=O)o1. The summed E-state index contributed by atoms with van der Waals surface area (Å²) in [5.74, 6) is 1.45. The Labute approximate surface area is 166 Å². The molecule has 1 atom stereocenters. The van der Waals surface area contributed by atoms with Crippen LogP contribution in [0.1, 0.15) is 37.0 Å². The van der Waals surface area contributed by atoms with Crippen molar-refractivity contribution < 1.29 is 18.7 Å². The van der Waals surface area contributed by atoms with Crippen molar-refractivity contribution in [3.63, 3.8) is 0 Å². The second kappa shape index (κ2) is 9.55. The number of benzene rings is 1. The Morgan fingerprint density at radius 1 is 1.18 bits per heavy atom. The second-order valence-electron chi connectivity index (χ2n) is 7.01. The average molecular weight is 384 g/mol. The summed E-state index contributed by atoms with van der Waals surface area (Å²) in [6.07, 6.45) is 1.53. The van der Waals surface area contributed by atoms with Gasteiger partial charge in [0.2, 0.25) is 11.8 Å². The maximum Gasteiger partial charge on any atom is 0.242 e. The number of furan rings is 1. The fourth-order valence-electron chi connectivity index (χ4n) is 3.41. The Morgan fingerprint density at radius 2 is 1.96 bits per heavy atom. The van der Waals surface area contributed by atoms with Crippen LogP contribution in [0.25, 0.3) is 0 Å². The van der Waals surface area contributed by atoms with Gasteiger partial charge in [0.25, 0.3) is 0 Å². The molecule has 1 unspecified atom stereocenters. The molecular formula is C22H28N2O4. The number of nitrogens with zero attached hydrogens (tertiary/aromatic N) is 2. The molecule has 1 saturated heterocycles. The third-order valence-corrected chi connectivity index (χ3v) is 5.09. The Morgan fingerprint density at radius 3 is 2.64 bits per heavy atom. The summed E-state index contributed by atoms with van der Waals surface area (Å²) in [5.41, 5.74) is 1.15. The van der Waals surface area contributed by atoms with Gasteiger partial charge in [-0.1, -0.05) is 37.3 Å². The second-order valence-corrected chi connectivity index (χ2v) is 7.01. The molecule has 0 aliphatic carbocycles. The Balaban J connectivity index is 1.66. The van der Waals surface area contributed by atoms with Crippen LogP contribution in [-0.2, 0) is 27.2 Å². The van der Waals surface area contributed by atoms with E-state index in [4.69, 9.17) is 9.15 Å². The first-order valence-corrected chi connectivity index (χ1v) is 9.83. The summed E-state index contributed by atoms with van der Waals surface area (Å²) in [6, 6.07) is 13.6. The first kappa shape index (κ1) is 20.1. The summed E-state index contributed by atoms with van der Waals surface area (Å²) in [5, 5.41) is 0. The van der Waals surface area contributed by atoms with Crippen molar-refractivity contribution in [3.05, 3.63) is 59.5 Å². The van der Waals surface area contributed by atoms with E-state index in [0.29, 0.717) is 26.3 Å². The van der Waals surface area contributed by atoms with Crippen LogP contribution in [0, 0.1) is 0 Å². The molecule has 3 rings (SSSR count). The van der Waals surface area contributed by atoms with Gasteiger partial charge in [0.1, 0.15) is 17.6 Å². The molecule has 1 aromatic heterocycles. The summed E-state index contributed by atoms with van der Waals surface area (Å²) in [7, 11) is 0. The monoisotopic (exact) mass is 384 g/mol. The van der Waals surface area contributed by atoms with Crippen molar-refractivity contribution in [1.82, 2.24) is 9.80 Å². The molecule has 0 bridgehead atoms. The van der Waals surface area contributed by atoms with Crippen molar-refractivity contribution in [1.29, 1.82) is 0 Å². The standard InChI is InChI=1S/C22H28N2O4/c1-3-19-9-10-21(28-19)20-16-27-14-13-24(20)22(26)15-23(17(2)25)12-11-18-7-5-4-6-8-18/h4-10,20H,3,11-16H2,1-2H3. The van der Waals surface area contributed by atoms with Crippen LogP contribution in [0.2, 0.25) is 0 Å². The molecule has 2 heterocycles. The van der Waals surface area contributed by atoms with E-state index in [1.165, 1.54) is 6.92 Å². The number of morpholine rings is 1. The zero-order valence-corrected chi connectivity index (χ0v) is 16.6. The molecule has 0 radical (unpaired) electrons. The Kier molecular flexibility index (Phi) is 6.87. The molecule has 28 heavy (non-hydrogen) atoms. The molecule has 1 aromatic carbocycles.